The highest BCUT2D eigenvalue weighted by atomic mass is 16.5. The molecule has 0 spiro atoms. The first-order valence-electron chi connectivity index (χ1n) is 7.01. The molecule has 0 saturated heterocycles. The van der Waals surface area contributed by atoms with E-state index in [9.17, 15) is 4.79 Å². The largest absolute Gasteiger partial charge is 0.487 e. The molecule has 0 aromatic heterocycles. The van der Waals surface area contributed by atoms with E-state index in [4.69, 9.17) is 4.74 Å². The van der Waals surface area contributed by atoms with Crippen LogP contribution in [0.1, 0.15) is 35.7 Å². The van der Waals surface area contributed by atoms with E-state index in [0.29, 0.717) is 6.42 Å². The SMILES string of the molecule is CC1(CC(=O)c2ccccc2)CCc2ccccc2O1. The molecule has 0 radical (unpaired) electrons. The second kappa shape index (κ2) is 5.12. The Kier molecular flexibility index (Phi) is 3.31. The van der Waals surface area contributed by atoms with Gasteiger partial charge in [0.05, 0.1) is 6.42 Å². The van der Waals surface area contributed by atoms with Crippen LogP contribution in [-0.2, 0) is 6.42 Å². The highest BCUT2D eigenvalue weighted by molar-refractivity contribution is 5.96. The monoisotopic (exact) mass is 266 g/mol. The lowest BCUT2D eigenvalue weighted by Gasteiger charge is -2.35. The molecule has 3 rings (SSSR count). The molecule has 1 aliphatic rings. The molecular formula is C18H18O2. The van der Waals surface area contributed by atoms with E-state index in [1.54, 1.807) is 0 Å². The van der Waals surface area contributed by atoms with E-state index in [0.717, 1.165) is 24.2 Å². The number of carbonyl (C=O) groups is 1. The zero-order valence-corrected chi connectivity index (χ0v) is 11.6. The van der Waals surface area contributed by atoms with Gasteiger partial charge in [-0.3, -0.25) is 4.79 Å². The minimum Gasteiger partial charge on any atom is -0.487 e. The number of benzene rings is 2. The number of fused-ring (bicyclic) bond motifs is 1. The van der Waals surface area contributed by atoms with Gasteiger partial charge in [0.15, 0.2) is 5.78 Å². The summed E-state index contributed by atoms with van der Waals surface area (Å²) in [6, 6.07) is 17.5. The van der Waals surface area contributed by atoms with Crippen molar-refractivity contribution in [3.8, 4) is 5.75 Å². The standard InChI is InChI=1S/C18H18O2/c1-18(13-16(19)14-7-3-2-4-8-14)12-11-15-9-5-6-10-17(15)20-18/h2-10H,11-13H2,1H3. The van der Waals surface area contributed by atoms with Crippen LogP contribution in [0.15, 0.2) is 54.6 Å². The Morgan fingerprint density at radius 2 is 1.80 bits per heavy atom. The number of rotatable bonds is 3. The van der Waals surface area contributed by atoms with Gasteiger partial charge in [-0.05, 0) is 31.4 Å². The molecule has 1 atom stereocenters. The number of Topliss-reactive ketones (excluding diaryl/α,β-unsaturated/α-hetero) is 1. The molecule has 2 aromatic rings. The fourth-order valence-electron chi connectivity index (χ4n) is 2.72. The quantitative estimate of drug-likeness (QED) is 0.784. The molecule has 1 aliphatic heterocycles. The van der Waals surface area contributed by atoms with E-state index < -0.39 is 5.60 Å². The molecule has 102 valence electrons. The van der Waals surface area contributed by atoms with Crippen LogP contribution in [-0.4, -0.2) is 11.4 Å². The van der Waals surface area contributed by atoms with Gasteiger partial charge in [0.1, 0.15) is 11.4 Å². The maximum Gasteiger partial charge on any atom is 0.166 e. The number of carbonyl (C=O) groups excluding carboxylic acids is 1. The normalized spacial score (nSPS) is 20.9. The molecule has 2 aromatic carbocycles. The number of ketones is 1. The van der Waals surface area contributed by atoms with Crippen molar-refractivity contribution in [3.05, 3.63) is 65.7 Å². The van der Waals surface area contributed by atoms with Crippen molar-refractivity contribution in [2.24, 2.45) is 0 Å². The average molecular weight is 266 g/mol. The van der Waals surface area contributed by atoms with Crippen molar-refractivity contribution in [2.45, 2.75) is 31.8 Å². The number of ether oxygens (including phenoxy) is 1. The van der Waals surface area contributed by atoms with Crippen LogP contribution in [0.5, 0.6) is 5.75 Å². The van der Waals surface area contributed by atoms with Gasteiger partial charge in [-0.2, -0.15) is 0 Å². The van der Waals surface area contributed by atoms with Crippen molar-refractivity contribution in [3.63, 3.8) is 0 Å². The fraction of sp³-hybridized carbons (Fsp3) is 0.278. The Morgan fingerprint density at radius 3 is 2.60 bits per heavy atom. The molecular weight excluding hydrogens is 248 g/mol. The van der Waals surface area contributed by atoms with Gasteiger partial charge in [-0.1, -0.05) is 48.5 Å². The molecule has 2 nitrogen and oxygen atoms in total. The van der Waals surface area contributed by atoms with Crippen LogP contribution in [0.2, 0.25) is 0 Å². The van der Waals surface area contributed by atoms with Crippen LogP contribution in [0, 0.1) is 0 Å². The fourth-order valence-corrected chi connectivity index (χ4v) is 2.72. The highest BCUT2D eigenvalue weighted by Crippen LogP contribution is 2.35. The third kappa shape index (κ3) is 2.60. The van der Waals surface area contributed by atoms with Crippen molar-refractivity contribution in [2.75, 3.05) is 0 Å². The summed E-state index contributed by atoms with van der Waals surface area (Å²) >= 11 is 0. The van der Waals surface area contributed by atoms with E-state index in [-0.39, 0.29) is 5.78 Å². The lowest BCUT2D eigenvalue weighted by molar-refractivity contribution is 0.0494. The Bertz CT molecular complexity index is 618. The van der Waals surface area contributed by atoms with Crippen molar-refractivity contribution in [1.29, 1.82) is 0 Å². The molecule has 0 fully saturated rings. The predicted molar refractivity (Wildman–Crippen MR) is 79.2 cm³/mol. The summed E-state index contributed by atoms with van der Waals surface area (Å²) in [5.74, 6) is 1.06. The Hall–Kier alpha value is -2.09. The lowest BCUT2D eigenvalue weighted by atomic mass is 9.87. The first-order chi connectivity index (χ1) is 9.66. The number of hydrogen-bond donors (Lipinski definition) is 0. The predicted octanol–water partition coefficient (Wildman–Crippen LogP) is 4.04. The molecule has 1 unspecified atom stereocenters. The molecule has 20 heavy (non-hydrogen) atoms. The second-order valence-electron chi connectivity index (χ2n) is 5.63. The second-order valence-corrected chi connectivity index (χ2v) is 5.63. The van der Waals surface area contributed by atoms with Crippen molar-refractivity contribution < 1.29 is 9.53 Å². The first-order valence-corrected chi connectivity index (χ1v) is 7.01. The molecule has 0 aliphatic carbocycles. The van der Waals surface area contributed by atoms with Crippen molar-refractivity contribution in [1.82, 2.24) is 0 Å². The molecule has 0 N–H and O–H groups in total. The number of hydrogen-bond acceptors (Lipinski definition) is 2. The maximum atomic E-state index is 12.4. The smallest absolute Gasteiger partial charge is 0.166 e. The van der Waals surface area contributed by atoms with E-state index >= 15 is 0 Å². The Balaban J connectivity index is 1.77. The summed E-state index contributed by atoms with van der Waals surface area (Å²) in [7, 11) is 0. The maximum absolute atomic E-state index is 12.4. The molecule has 2 heteroatoms. The van der Waals surface area contributed by atoms with Crippen LogP contribution in [0.25, 0.3) is 0 Å². The first kappa shape index (κ1) is 12.9. The van der Waals surface area contributed by atoms with Crippen LogP contribution in [0.4, 0.5) is 0 Å². The molecule has 0 amide bonds. The van der Waals surface area contributed by atoms with Gasteiger partial charge >= 0.3 is 0 Å². The van der Waals surface area contributed by atoms with Gasteiger partial charge in [-0.25, -0.2) is 0 Å². The third-order valence-corrected chi connectivity index (χ3v) is 3.88. The van der Waals surface area contributed by atoms with Crippen molar-refractivity contribution >= 4 is 5.78 Å². The van der Waals surface area contributed by atoms with E-state index in [1.165, 1.54) is 5.56 Å². The van der Waals surface area contributed by atoms with Gasteiger partial charge in [0.25, 0.3) is 0 Å². The average Bonchev–Trinajstić information content (AvgIpc) is 2.47. The molecule has 1 heterocycles. The van der Waals surface area contributed by atoms with Gasteiger partial charge in [0, 0.05) is 5.56 Å². The van der Waals surface area contributed by atoms with E-state index in [2.05, 4.69) is 6.07 Å². The third-order valence-electron chi connectivity index (χ3n) is 3.88. The minimum atomic E-state index is -0.402. The zero-order chi connectivity index (χ0) is 14.0. The van der Waals surface area contributed by atoms with E-state index in [1.807, 2.05) is 55.5 Å². The molecule has 0 saturated carbocycles. The Labute approximate surface area is 119 Å². The Morgan fingerprint density at radius 1 is 1.10 bits per heavy atom. The topological polar surface area (TPSA) is 26.3 Å². The van der Waals surface area contributed by atoms with Crippen LogP contribution < -0.4 is 4.74 Å². The van der Waals surface area contributed by atoms with Gasteiger partial charge in [0.2, 0.25) is 0 Å². The van der Waals surface area contributed by atoms with Gasteiger partial charge < -0.3 is 4.74 Å². The highest BCUT2D eigenvalue weighted by Gasteiger charge is 2.33. The summed E-state index contributed by atoms with van der Waals surface area (Å²) in [4.78, 5) is 12.4. The summed E-state index contributed by atoms with van der Waals surface area (Å²) in [6.07, 6.45) is 2.27. The molecule has 0 bridgehead atoms. The van der Waals surface area contributed by atoms with Crippen LogP contribution >= 0.6 is 0 Å². The summed E-state index contributed by atoms with van der Waals surface area (Å²) in [6.45, 7) is 2.03. The zero-order valence-electron chi connectivity index (χ0n) is 11.6. The van der Waals surface area contributed by atoms with Gasteiger partial charge in [-0.15, -0.1) is 0 Å². The lowest BCUT2D eigenvalue weighted by Crippen LogP contribution is -2.38. The summed E-state index contributed by atoms with van der Waals surface area (Å²) in [5, 5.41) is 0. The summed E-state index contributed by atoms with van der Waals surface area (Å²) in [5.41, 5.74) is 1.59. The minimum absolute atomic E-state index is 0.146. The summed E-state index contributed by atoms with van der Waals surface area (Å²) < 4.78 is 6.09. The van der Waals surface area contributed by atoms with Crippen LogP contribution in [0.3, 0.4) is 0 Å². The number of para-hydroxylation sites is 1. The number of aryl methyl sites for hydroxylation is 1.